The summed E-state index contributed by atoms with van der Waals surface area (Å²) < 4.78 is 5.41. The molecule has 0 spiro atoms. The molecule has 1 heterocycles. The van der Waals surface area contributed by atoms with Crippen LogP contribution in [-0.4, -0.2) is 43.1 Å². The first-order valence-electron chi connectivity index (χ1n) is 8.70. The van der Waals surface area contributed by atoms with Gasteiger partial charge in [-0.25, -0.2) is 4.79 Å². The summed E-state index contributed by atoms with van der Waals surface area (Å²) in [6.07, 6.45) is 0. The summed E-state index contributed by atoms with van der Waals surface area (Å²) >= 11 is 0. The van der Waals surface area contributed by atoms with Crippen LogP contribution in [0.15, 0.2) is 48.5 Å². The molecule has 0 bridgehead atoms. The highest BCUT2D eigenvalue weighted by Crippen LogP contribution is 2.23. The highest BCUT2D eigenvalue weighted by atomic mass is 16.5. The zero-order chi connectivity index (χ0) is 19.2. The Morgan fingerprint density at radius 2 is 2.00 bits per heavy atom. The zero-order valence-electron chi connectivity index (χ0n) is 15.0. The molecule has 0 radical (unpaired) electrons. The molecule has 7 heteroatoms. The molecule has 7 nitrogen and oxygen atoms in total. The van der Waals surface area contributed by atoms with Gasteiger partial charge in [0.15, 0.2) is 0 Å². The number of hydrogen-bond acceptors (Lipinski definition) is 4. The van der Waals surface area contributed by atoms with Gasteiger partial charge in [-0.2, -0.15) is 5.26 Å². The van der Waals surface area contributed by atoms with Gasteiger partial charge in [0, 0.05) is 24.5 Å². The minimum Gasteiger partial charge on any atom is -0.494 e. The summed E-state index contributed by atoms with van der Waals surface area (Å²) in [5, 5.41) is 11.6. The molecule has 1 saturated heterocycles. The van der Waals surface area contributed by atoms with Crippen LogP contribution in [-0.2, 0) is 4.79 Å². The number of hydrogen-bond donors (Lipinski definition) is 1. The van der Waals surface area contributed by atoms with Crippen LogP contribution < -0.4 is 15.0 Å². The molecule has 2 aromatic rings. The van der Waals surface area contributed by atoms with Gasteiger partial charge in [0.05, 0.1) is 18.2 Å². The van der Waals surface area contributed by atoms with E-state index in [0.717, 1.165) is 11.4 Å². The van der Waals surface area contributed by atoms with E-state index >= 15 is 0 Å². The second-order valence-electron chi connectivity index (χ2n) is 6.02. The standard InChI is InChI=1S/C20H20N4O3/c1-2-27-18-8-6-17(7-9-18)24-11-10-23(20(24)26)14-19(25)22-16-5-3-4-15(12-16)13-21/h3-9,12H,2,10-11,14H2,1H3,(H,22,25). The lowest BCUT2D eigenvalue weighted by Gasteiger charge is -2.18. The number of nitriles is 1. The van der Waals surface area contributed by atoms with Gasteiger partial charge in [0.2, 0.25) is 5.91 Å². The van der Waals surface area contributed by atoms with Gasteiger partial charge in [-0.15, -0.1) is 0 Å². The van der Waals surface area contributed by atoms with Crippen molar-refractivity contribution in [2.24, 2.45) is 0 Å². The fraction of sp³-hybridized carbons (Fsp3) is 0.250. The van der Waals surface area contributed by atoms with E-state index in [-0.39, 0.29) is 18.5 Å². The van der Waals surface area contributed by atoms with Crippen LogP contribution in [0.2, 0.25) is 0 Å². The molecule has 27 heavy (non-hydrogen) atoms. The molecule has 1 fully saturated rings. The number of carbonyl (C=O) groups is 2. The van der Waals surface area contributed by atoms with Crippen molar-refractivity contribution in [1.82, 2.24) is 4.90 Å². The molecule has 0 unspecified atom stereocenters. The van der Waals surface area contributed by atoms with E-state index in [0.29, 0.717) is 30.9 Å². The van der Waals surface area contributed by atoms with E-state index in [2.05, 4.69) is 5.32 Å². The van der Waals surface area contributed by atoms with Crippen LogP contribution >= 0.6 is 0 Å². The third kappa shape index (κ3) is 4.36. The number of amides is 3. The summed E-state index contributed by atoms with van der Waals surface area (Å²) in [7, 11) is 0. The van der Waals surface area contributed by atoms with Crippen LogP contribution in [0.25, 0.3) is 0 Å². The number of carbonyl (C=O) groups excluding carboxylic acids is 2. The van der Waals surface area contributed by atoms with Crippen LogP contribution in [0, 0.1) is 11.3 Å². The summed E-state index contributed by atoms with van der Waals surface area (Å²) in [6, 6.07) is 15.8. The molecule has 1 aliphatic heterocycles. The lowest BCUT2D eigenvalue weighted by Crippen LogP contribution is -2.37. The molecular formula is C20H20N4O3. The van der Waals surface area contributed by atoms with E-state index in [1.54, 1.807) is 29.2 Å². The lowest BCUT2D eigenvalue weighted by atomic mass is 10.2. The highest BCUT2D eigenvalue weighted by molar-refractivity contribution is 5.99. The van der Waals surface area contributed by atoms with Gasteiger partial charge in [-0.3, -0.25) is 9.69 Å². The third-order valence-corrected chi connectivity index (χ3v) is 4.16. The van der Waals surface area contributed by atoms with Crippen LogP contribution in [0.5, 0.6) is 5.75 Å². The molecule has 138 valence electrons. The Bertz CT molecular complexity index is 874. The molecule has 0 saturated carbocycles. The van der Waals surface area contributed by atoms with E-state index in [4.69, 9.17) is 10.00 Å². The minimum absolute atomic E-state index is 0.0385. The second kappa shape index (κ2) is 8.23. The van der Waals surface area contributed by atoms with Crippen LogP contribution in [0.3, 0.4) is 0 Å². The molecule has 3 rings (SSSR count). The SMILES string of the molecule is CCOc1ccc(N2CCN(CC(=O)Nc3cccc(C#N)c3)C2=O)cc1. The van der Waals surface area contributed by atoms with Gasteiger partial charge in [-0.1, -0.05) is 6.07 Å². The van der Waals surface area contributed by atoms with Crippen LogP contribution in [0.1, 0.15) is 12.5 Å². The monoisotopic (exact) mass is 364 g/mol. The number of rotatable bonds is 6. The quantitative estimate of drug-likeness (QED) is 0.854. The Morgan fingerprint density at radius 3 is 2.70 bits per heavy atom. The summed E-state index contributed by atoms with van der Waals surface area (Å²) in [5.74, 6) is 0.454. The maximum atomic E-state index is 12.6. The van der Waals surface area contributed by atoms with Crippen molar-refractivity contribution in [1.29, 1.82) is 5.26 Å². The number of nitrogens with zero attached hydrogens (tertiary/aromatic N) is 3. The fourth-order valence-electron chi connectivity index (χ4n) is 2.90. The first-order valence-corrected chi connectivity index (χ1v) is 8.70. The number of anilines is 2. The molecule has 3 amide bonds. The normalized spacial score (nSPS) is 13.4. The van der Waals surface area contributed by atoms with Gasteiger partial charge in [-0.05, 0) is 49.4 Å². The average Bonchev–Trinajstić information content (AvgIpc) is 3.03. The van der Waals surface area contributed by atoms with Gasteiger partial charge < -0.3 is 15.0 Å². The van der Waals surface area contributed by atoms with Gasteiger partial charge in [0.25, 0.3) is 0 Å². The Balaban J connectivity index is 1.59. The van der Waals surface area contributed by atoms with Crippen molar-refractivity contribution in [2.45, 2.75) is 6.92 Å². The Kier molecular flexibility index (Phi) is 5.57. The molecule has 2 aromatic carbocycles. The summed E-state index contributed by atoms with van der Waals surface area (Å²) in [4.78, 5) is 28.0. The van der Waals surface area contributed by atoms with Crippen molar-refractivity contribution in [3.05, 3.63) is 54.1 Å². The minimum atomic E-state index is -0.299. The van der Waals surface area contributed by atoms with Crippen molar-refractivity contribution in [3.63, 3.8) is 0 Å². The Morgan fingerprint density at radius 1 is 1.22 bits per heavy atom. The first kappa shape index (κ1) is 18.3. The fourth-order valence-corrected chi connectivity index (χ4v) is 2.90. The van der Waals surface area contributed by atoms with E-state index < -0.39 is 0 Å². The number of ether oxygens (including phenoxy) is 1. The molecule has 1 N–H and O–H groups in total. The van der Waals surface area contributed by atoms with E-state index in [9.17, 15) is 9.59 Å². The molecule has 0 aromatic heterocycles. The second-order valence-corrected chi connectivity index (χ2v) is 6.02. The predicted molar refractivity (Wildman–Crippen MR) is 102 cm³/mol. The van der Waals surface area contributed by atoms with E-state index in [1.807, 2.05) is 37.3 Å². The average molecular weight is 364 g/mol. The molecule has 0 aliphatic carbocycles. The Hall–Kier alpha value is -3.53. The van der Waals surface area contributed by atoms with Crippen molar-refractivity contribution in [2.75, 3.05) is 36.5 Å². The first-order chi connectivity index (χ1) is 13.1. The maximum absolute atomic E-state index is 12.6. The maximum Gasteiger partial charge on any atom is 0.325 e. The van der Waals surface area contributed by atoms with Crippen molar-refractivity contribution in [3.8, 4) is 11.8 Å². The summed E-state index contributed by atoms with van der Waals surface area (Å²) in [5.41, 5.74) is 1.77. The van der Waals surface area contributed by atoms with Gasteiger partial charge >= 0.3 is 6.03 Å². The highest BCUT2D eigenvalue weighted by Gasteiger charge is 2.30. The zero-order valence-corrected chi connectivity index (χ0v) is 15.0. The van der Waals surface area contributed by atoms with Crippen molar-refractivity contribution < 1.29 is 14.3 Å². The van der Waals surface area contributed by atoms with Gasteiger partial charge in [0.1, 0.15) is 12.3 Å². The van der Waals surface area contributed by atoms with E-state index in [1.165, 1.54) is 4.90 Å². The molecular weight excluding hydrogens is 344 g/mol. The Labute approximate surface area is 157 Å². The number of urea groups is 1. The largest absolute Gasteiger partial charge is 0.494 e. The number of nitrogens with one attached hydrogen (secondary N) is 1. The molecule has 1 aliphatic rings. The predicted octanol–water partition coefficient (Wildman–Crippen LogP) is 2.84. The van der Waals surface area contributed by atoms with Crippen LogP contribution in [0.4, 0.5) is 16.2 Å². The molecule has 0 atom stereocenters. The third-order valence-electron chi connectivity index (χ3n) is 4.16. The smallest absolute Gasteiger partial charge is 0.325 e. The van der Waals surface area contributed by atoms with Crippen molar-refractivity contribution >= 4 is 23.3 Å². The number of benzene rings is 2. The summed E-state index contributed by atoms with van der Waals surface area (Å²) in [6.45, 7) is 3.45. The topological polar surface area (TPSA) is 85.7 Å². The lowest BCUT2D eigenvalue weighted by molar-refractivity contribution is -0.116.